The van der Waals surface area contributed by atoms with Crippen molar-refractivity contribution in [2.75, 3.05) is 0 Å². The van der Waals surface area contributed by atoms with Crippen molar-refractivity contribution < 1.29 is 9.50 Å². The summed E-state index contributed by atoms with van der Waals surface area (Å²) >= 11 is 0. The van der Waals surface area contributed by atoms with Gasteiger partial charge in [0.05, 0.1) is 0 Å². The van der Waals surface area contributed by atoms with E-state index in [4.69, 9.17) is 0 Å². The Morgan fingerprint density at radius 2 is 1.94 bits per heavy atom. The van der Waals surface area contributed by atoms with Crippen molar-refractivity contribution in [2.45, 2.75) is 19.4 Å². The number of pyridine rings is 1. The molecule has 0 spiro atoms. The third-order valence-corrected chi connectivity index (χ3v) is 2.65. The third kappa shape index (κ3) is 2.88. The maximum absolute atomic E-state index is 13.4. The average Bonchev–Trinajstić information content (AvgIpc) is 2.32. The van der Waals surface area contributed by atoms with E-state index < -0.39 is 11.9 Å². The van der Waals surface area contributed by atoms with Gasteiger partial charge in [0, 0.05) is 12.6 Å². The van der Waals surface area contributed by atoms with Crippen molar-refractivity contribution in [1.82, 2.24) is 4.98 Å². The first-order chi connectivity index (χ1) is 8.16. The number of rotatable bonds is 3. The summed E-state index contributed by atoms with van der Waals surface area (Å²) in [5.41, 5.74) is 2.23. The second-order valence-electron chi connectivity index (χ2n) is 4.08. The van der Waals surface area contributed by atoms with E-state index in [0.717, 1.165) is 11.1 Å². The standard InChI is InChI=1S/C14H14FNO/c1-10-4-6-11(7-5-10)9-13(17)14-12(15)3-2-8-16-14/h2-8,13,17H,9H2,1H3. The Bertz CT molecular complexity index is 496. The number of halogens is 1. The molecule has 88 valence electrons. The number of aromatic nitrogens is 1. The molecule has 0 radical (unpaired) electrons. The number of aliphatic hydroxyl groups is 1. The summed E-state index contributed by atoms with van der Waals surface area (Å²) in [5, 5.41) is 9.92. The van der Waals surface area contributed by atoms with Crippen molar-refractivity contribution in [2.24, 2.45) is 0 Å². The lowest BCUT2D eigenvalue weighted by Crippen LogP contribution is -2.06. The first kappa shape index (κ1) is 11.7. The van der Waals surface area contributed by atoms with Crippen LogP contribution in [0.15, 0.2) is 42.6 Å². The third-order valence-electron chi connectivity index (χ3n) is 2.65. The lowest BCUT2D eigenvalue weighted by Gasteiger charge is -2.10. The van der Waals surface area contributed by atoms with Crippen LogP contribution in [0.3, 0.4) is 0 Å². The Morgan fingerprint density at radius 3 is 2.59 bits per heavy atom. The van der Waals surface area contributed by atoms with Crippen LogP contribution in [0.4, 0.5) is 4.39 Å². The topological polar surface area (TPSA) is 33.1 Å². The van der Waals surface area contributed by atoms with Gasteiger partial charge in [0.2, 0.25) is 0 Å². The van der Waals surface area contributed by atoms with Gasteiger partial charge < -0.3 is 5.11 Å². The predicted molar refractivity (Wildman–Crippen MR) is 64.0 cm³/mol. The summed E-state index contributed by atoms with van der Waals surface area (Å²) in [6, 6.07) is 10.6. The normalized spacial score (nSPS) is 12.4. The summed E-state index contributed by atoms with van der Waals surface area (Å²) in [5.74, 6) is -0.466. The molecule has 2 aromatic rings. The van der Waals surface area contributed by atoms with E-state index in [1.165, 1.54) is 18.3 Å². The summed E-state index contributed by atoms with van der Waals surface area (Å²) in [6.45, 7) is 2.00. The second kappa shape index (κ2) is 5.06. The van der Waals surface area contributed by atoms with Gasteiger partial charge in [0.1, 0.15) is 17.6 Å². The van der Waals surface area contributed by atoms with Gasteiger partial charge in [0.25, 0.3) is 0 Å². The van der Waals surface area contributed by atoms with E-state index in [9.17, 15) is 9.50 Å². The van der Waals surface area contributed by atoms with Gasteiger partial charge in [-0.05, 0) is 24.6 Å². The average molecular weight is 231 g/mol. The molecule has 0 saturated carbocycles. The van der Waals surface area contributed by atoms with Gasteiger partial charge in [-0.3, -0.25) is 4.98 Å². The molecule has 2 nitrogen and oxygen atoms in total. The second-order valence-corrected chi connectivity index (χ2v) is 4.08. The summed E-state index contributed by atoms with van der Waals surface area (Å²) in [4.78, 5) is 3.87. The van der Waals surface area contributed by atoms with Gasteiger partial charge in [-0.2, -0.15) is 0 Å². The van der Waals surface area contributed by atoms with Gasteiger partial charge in [0.15, 0.2) is 0 Å². The fourth-order valence-electron chi connectivity index (χ4n) is 1.69. The molecule has 1 atom stereocenters. The quantitative estimate of drug-likeness (QED) is 0.881. The molecular weight excluding hydrogens is 217 g/mol. The predicted octanol–water partition coefficient (Wildman–Crippen LogP) is 2.81. The fourth-order valence-corrected chi connectivity index (χ4v) is 1.69. The van der Waals surface area contributed by atoms with Crippen LogP contribution in [-0.4, -0.2) is 10.1 Å². The molecule has 0 bridgehead atoms. The van der Waals surface area contributed by atoms with Crippen LogP contribution in [0.1, 0.15) is 22.9 Å². The molecule has 3 heteroatoms. The zero-order valence-electron chi connectivity index (χ0n) is 9.60. The minimum Gasteiger partial charge on any atom is -0.386 e. The van der Waals surface area contributed by atoms with Crippen LogP contribution in [-0.2, 0) is 6.42 Å². The van der Waals surface area contributed by atoms with Crippen molar-refractivity contribution in [3.05, 3.63) is 65.2 Å². The molecular formula is C14H14FNO. The van der Waals surface area contributed by atoms with E-state index in [0.29, 0.717) is 6.42 Å². The zero-order valence-corrected chi connectivity index (χ0v) is 9.60. The van der Waals surface area contributed by atoms with Gasteiger partial charge in [-0.15, -0.1) is 0 Å². The number of benzene rings is 1. The van der Waals surface area contributed by atoms with E-state index >= 15 is 0 Å². The lowest BCUT2D eigenvalue weighted by molar-refractivity contribution is 0.168. The molecule has 2 rings (SSSR count). The zero-order chi connectivity index (χ0) is 12.3. The van der Waals surface area contributed by atoms with Crippen LogP contribution in [0, 0.1) is 12.7 Å². The Morgan fingerprint density at radius 1 is 1.24 bits per heavy atom. The van der Waals surface area contributed by atoms with E-state index in [1.807, 2.05) is 31.2 Å². The van der Waals surface area contributed by atoms with Crippen molar-refractivity contribution in [3.8, 4) is 0 Å². The molecule has 0 aliphatic carbocycles. The van der Waals surface area contributed by atoms with Crippen LogP contribution >= 0.6 is 0 Å². The number of hydrogen-bond donors (Lipinski definition) is 1. The Kier molecular flexibility index (Phi) is 3.49. The number of hydrogen-bond acceptors (Lipinski definition) is 2. The van der Waals surface area contributed by atoms with Crippen LogP contribution < -0.4 is 0 Å². The van der Waals surface area contributed by atoms with Crippen molar-refractivity contribution >= 4 is 0 Å². The Balaban J connectivity index is 2.14. The maximum Gasteiger partial charge on any atom is 0.147 e. The number of nitrogens with zero attached hydrogens (tertiary/aromatic N) is 1. The first-order valence-corrected chi connectivity index (χ1v) is 5.51. The Hall–Kier alpha value is -1.74. The largest absolute Gasteiger partial charge is 0.386 e. The molecule has 0 fully saturated rings. The summed E-state index contributed by atoms with van der Waals surface area (Å²) in [7, 11) is 0. The molecule has 1 N–H and O–H groups in total. The van der Waals surface area contributed by atoms with E-state index in [2.05, 4.69) is 4.98 Å². The minimum atomic E-state index is -0.904. The highest BCUT2D eigenvalue weighted by atomic mass is 19.1. The maximum atomic E-state index is 13.4. The lowest BCUT2D eigenvalue weighted by atomic mass is 10.0. The molecule has 17 heavy (non-hydrogen) atoms. The van der Waals surface area contributed by atoms with Crippen molar-refractivity contribution in [3.63, 3.8) is 0 Å². The summed E-state index contributed by atoms with van der Waals surface area (Å²) in [6.07, 6.45) is 0.948. The SMILES string of the molecule is Cc1ccc(CC(O)c2ncccc2F)cc1. The smallest absolute Gasteiger partial charge is 0.147 e. The van der Waals surface area contributed by atoms with Crippen LogP contribution in [0.25, 0.3) is 0 Å². The molecule has 0 aliphatic heterocycles. The van der Waals surface area contributed by atoms with Gasteiger partial charge >= 0.3 is 0 Å². The first-order valence-electron chi connectivity index (χ1n) is 5.51. The number of aryl methyl sites for hydroxylation is 1. The molecule has 0 amide bonds. The molecule has 1 aromatic carbocycles. The van der Waals surface area contributed by atoms with Crippen LogP contribution in [0.5, 0.6) is 0 Å². The monoisotopic (exact) mass is 231 g/mol. The number of aliphatic hydroxyl groups excluding tert-OH is 1. The van der Waals surface area contributed by atoms with Gasteiger partial charge in [-0.25, -0.2) is 4.39 Å². The fraction of sp³-hybridized carbons (Fsp3) is 0.214. The summed E-state index contributed by atoms with van der Waals surface area (Å²) < 4.78 is 13.4. The van der Waals surface area contributed by atoms with Crippen LogP contribution in [0.2, 0.25) is 0 Å². The van der Waals surface area contributed by atoms with Gasteiger partial charge in [-0.1, -0.05) is 29.8 Å². The molecule has 1 aromatic heterocycles. The van der Waals surface area contributed by atoms with Crippen molar-refractivity contribution in [1.29, 1.82) is 0 Å². The highest BCUT2D eigenvalue weighted by Crippen LogP contribution is 2.18. The Labute approximate surface area is 99.8 Å². The highest BCUT2D eigenvalue weighted by molar-refractivity contribution is 5.23. The van der Waals surface area contributed by atoms with E-state index in [-0.39, 0.29) is 5.69 Å². The minimum absolute atomic E-state index is 0.105. The highest BCUT2D eigenvalue weighted by Gasteiger charge is 2.14. The molecule has 0 aliphatic rings. The molecule has 1 heterocycles. The van der Waals surface area contributed by atoms with E-state index in [1.54, 1.807) is 0 Å². The molecule has 1 unspecified atom stereocenters. The molecule has 0 saturated heterocycles.